The molecule has 2 atom stereocenters. The fourth-order valence-electron chi connectivity index (χ4n) is 5.00. The molecule has 0 radical (unpaired) electrons. The van der Waals surface area contributed by atoms with E-state index in [0.717, 1.165) is 18.4 Å². The van der Waals surface area contributed by atoms with E-state index in [1.54, 1.807) is 17.0 Å². The third-order valence-corrected chi connectivity index (χ3v) is 8.55. The highest BCUT2D eigenvalue weighted by Gasteiger charge is 2.41. The zero-order valence-electron chi connectivity index (χ0n) is 19.1. The lowest BCUT2D eigenvalue weighted by Crippen LogP contribution is -2.57. The average Bonchev–Trinajstić information content (AvgIpc) is 3.45. The van der Waals surface area contributed by atoms with Gasteiger partial charge in [0.25, 0.3) is 5.91 Å². The normalized spacial score (nSPS) is 24.0. The first-order valence-corrected chi connectivity index (χ1v) is 13.4. The molecule has 0 unspecified atom stereocenters. The lowest BCUT2D eigenvalue weighted by Gasteiger charge is -2.39. The summed E-state index contributed by atoms with van der Waals surface area (Å²) in [5.41, 5.74) is 1.31. The van der Waals surface area contributed by atoms with Gasteiger partial charge in [-0.15, -0.1) is 0 Å². The van der Waals surface area contributed by atoms with E-state index in [2.05, 4.69) is 20.0 Å². The van der Waals surface area contributed by atoms with Crippen LogP contribution in [0.15, 0.2) is 22.7 Å². The maximum absolute atomic E-state index is 13.3. The summed E-state index contributed by atoms with van der Waals surface area (Å²) in [7, 11) is -3.12. The van der Waals surface area contributed by atoms with Crippen LogP contribution >= 0.6 is 0 Å². The van der Waals surface area contributed by atoms with Crippen LogP contribution in [0.4, 0.5) is 18.0 Å². The van der Waals surface area contributed by atoms with Crippen LogP contribution in [0.3, 0.4) is 0 Å². The smallest absolute Gasteiger partial charge is 0.333 e. The van der Waals surface area contributed by atoms with Gasteiger partial charge in [0.2, 0.25) is 5.82 Å². The van der Waals surface area contributed by atoms with Crippen LogP contribution in [0.25, 0.3) is 11.4 Å². The van der Waals surface area contributed by atoms with Gasteiger partial charge in [0.1, 0.15) is 0 Å². The van der Waals surface area contributed by atoms with E-state index < -0.39 is 21.9 Å². The van der Waals surface area contributed by atoms with Crippen LogP contribution < -0.4 is 5.32 Å². The van der Waals surface area contributed by atoms with Crippen molar-refractivity contribution < 1.29 is 35.7 Å². The molecule has 0 spiro atoms. The summed E-state index contributed by atoms with van der Waals surface area (Å²) in [5.74, 6) is -2.13. The van der Waals surface area contributed by atoms with Crippen molar-refractivity contribution in [3.63, 3.8) is 0 Å². The number of fused-ring (bicyclic) bond motifs is 1. The van der Waals surface area contributed by atoms with Crippen molar-refractivity contribution >= 4 is 21.8 Å². The largest absolute Gasteiger partial charge is 0.471 e. The van der Waals surface area contributed by atoms with Crippen molar-refractivity contribution in [2.24, 2.45) is 0 Å². The summed E-state index contributed by atoms with van der Waals surface area (Å²) < 4.78 is 66.1. The van der Waals surface area contributed by atoms with E-state index in [1.807, 2.05) is 0 Å². The Labute approximate surface area is 204 Å². The number of urea groups is 1. The highest BCUT2D eigenvalue weighted by atomic mass is 32.2. The van der Waals surface area contributed by atoms with Gasteiger partial charge in [0, 0.05) is 30.8 Å². The van der Waals surface area contributed by atoms with Crippen molar-refractivity contribution in [1.29, 1.82) is 0 Å². The molecule has 36 heavy (non-hydrogen) atoms. The number of amides is 3. The van der Waals surface area contributed by atoms with Crippen LogP contribution in [0.5, 0.6) is 0 Å². The van der Waals surface area contributed by atoms with Crippen molar-refractivity contribution in [2.75, 3.05) is 24.6 Å². The Morgan fingerprint density at radius 3 is 2.56 bits per heavy atom. The third kappa shape index (κ3) is 4.77. The summed E-state index contributed by atoms with van der Waals surface area (Å²) in [6.45, 7) is 0.580. The molecule has 3 aliphatic rings. The number of benzene rings is 1. The standard InChI is InChI=1S/C22H24F3N5O5S/c23-22(24,25)20-27-18(28-35-20)13-5-6-14-12-30(19(31)15(14)11-13)17-4-2-1-3-16(17)26-21(32)29-7-9-36(33,34)10-8-29/h5-6,11,16-17H,1-4,7-10,12H2,(H,26,32)/t16-,17-/m1/s1. The molecule has 10 nitrogen and oxygen atoms in total. The molecule has 1 N–H and O–H groups in total. The molecule has 0 bridgehead atoms. The minimum absolute atomic E-state index is 0.0678. The highest BCUT2D eigenvalue weighted by Crippen LogP contribution is 2.34. The Morgan fingerprint density at radius 2 is 1.86 bits per heavy atom. The lowest BCUT2D eigenvalue weighted by atomic mass is 9.89. The van der Waals surface area contributed by atoms with Crippen molar-refractivity contribution in [3.8, 4) is 11.4 Å². The summed E-state index contributed by atoms with van der Waals surface area (Å²) in [4.78, 5) is 32.7. The predicted molar refractivity (Wildman–Crippen MR) is 119 cm³/mol. The van der Waals surface area contributed by atoms with Crippen molar-refractivity contribution in [1.82, 2.24) is 25.3 Å². The number of alkyl halides is 3. The number of hydrogen-bond donors (Lipinski definition) is 1. The fraction of sp³-hybridized carbons (Fsp3) is 0.545. The molecule has 1 aromatic heterocycles. The number of hydrogen-bond acceptors (Lipinski definition) is 7. The van der Waals surface area contributed by atoms with Gasteiger partial charge in [-0.05, 0) is 24.5 Å². The minimum Gasteiger partial charge on any atom is -0.333 e. The Hall–Kier alpha value is -3.16. The fourth-order valence-corrected chi connectivity index (χ4v) is 6.21. The van der Waals surface area contributed by atoms with Crippen molar-refractivity contribution in [3.05, 3.63) is 35.2 Å². The molecule has 194 valence electrons. The summed E-state index contributed by atoms with van der Waals surface area (Å²) in [6, 6.07) is 3.77. The number of aromatic nitrogens is 2. The highest BCUT2D eigenvalue weighted by molar-refractivity contribution is 7.91. The van der Waals surface area contributed by atoms with Crippen LogP contribution in [0.2, 0.25) is 0 Å². The Morgan fingerprint density at radius 1 is 1.14 bits per heavy atom. The second-order valence-corrected chi connectivity index (χ2v) is 11.6. The van der Waals surface area contributed by atoms with Crippen LogP contribution in [0.1, 0.15) is 47.5 Å². The van der Waals surface area contributed by atoms with Gasteiger partial charge in [-0.2, -0.15) is 18.2 Å². The number of carbonyl (C=O) groups excluding carboxylic acids is 2. The van der Waals surface area contributed by atoms with Gasteiger partial charge >= 0.3 is 18.1 Å². The predicted octanol–water partition coefficient (Wildman–Crippen LogP) is 2.46. The van der Waals surface area contributed by atoms with Gasteiger partial charge in [0.15, 0.2) is 9.84 Å². The van der Waals surface area contributed by atoms with Gasteiger partial charge in [-0.25, -0.2) is 13.2 Å². The quantitative estimate of drug-likeness (QED) is 0.650. The Kier molecular flexibility index (Phi) is 6.17. The average molecular weight is 528 g/mol. The summed E-state index contributed by atoms with van der Waals surface area (Å²) >= 11 is 0. The lowest BCUT2D eigenvalue weighted by molar-refractivity contribution is -0.159. The van der Waals surface area contributed by atoms with Gasteiger partial charge < -0.3 is 19.6 Å². The number of sulfone groups is 1. The van der Waals surface area contributed by atoms with Crippen LogP contribution in [0, 0.1) is 0 Å². The molecule has 2 aromatic rings. The molecule has 2 fully saturated rings. The monoisotopic (exact) mass is 527 g/mol. The van der Waals surface area contributed by atoms with Crippen molar-refractivity contribution in [2.45, 2.75) is 50.5 Å². The molecular formula is C22H24F3N5O5S. The van der Waals surface area contributed by atoms with Gasteiger partial charge in [0.05, 0.1) is 23.6 Å². The molecular weight excluding hydrogens is 503 g/mol. The first-order chi connectivity index (χ1) is 17.0. The zero-order valence-corrected chi connectivity index (χ0v) is 19.9. The van der Waals surface area contributed by atoms with E-state index in [1.165, 1.54) is 11.0 Å². The molecule has 14 heteroatoms. The van der Waals surface area contributed by atoms with E-state index in [9.17, 15) is 31.2 Å². The zero-order chi connectivity index (χ0) is 25.7. The molecule has 1 aliphatic carbocycles. The first-order valence-electron chi connectivity index (χ1n) is 11.6. The van der Waals surface area contributed by atoms with Gasteiger partial charge in [-0.1, -0.05) is 30.1 Å². The number of nitrogens with zero attached hydrogens (tertiary/aromatic N) is 4. The Balaban J connectivity index is 1.31. The van der Waals surface area contributed by atoms with Crippen LogP contribution in [-0.4, -0.2) is 77.0 Å². The molecule has 5 rings (SSSR count). The molecule has 1 saturated carbocycles. The topological polar surface area (TPSA) is 126 Å². The number of halogens is 3. The SMILES string of the molecule is O=C(N[C@@H]1CCCC[C@H]1N1Cc2ccc(-c3noc(C(F)(F)F)n3)cc2C1=O)N1CCS(=O)(=O)CC1. The maximum Gasteiger partial charge on any atom is 0.471 e. The first kappa shape index (κ1) is 24.5. The molecule has 1 saturated heterocycles. The van der Waals surface area contributed by atoms with E-state index in [4.69, 9.17) is 0 Å². The van der Waals surface area contributed by atoms with Crippen LogP contribution in [-0.2, 0) is 22.6 Å². The summed E-state index contributed by atoms with van der Waals surface area (Å²) in [5, 5.41) is 6.39. The number of nitrogens with one attached hydrogen (secondary N) is 1. The second-order valence-electron chi connectivity index (χ2n) is 9.27. The second kappa shape index (κ2) is 9.05. The Bertz CT molecular complexity index is 1280. The van der Waals surface area contributed by atoms with E-state index in [-0.39, 0.29) is 60.0 Å². The maximum atomic E-state index is 13.3. The van der Waals surface area contributed by atoms with E-state index >= 15 is 0 Å². The van der Waals surface area contributed by atoms with E-state index in [0.29, 0.717) is 24.9 Å². The number of carbonyl (C=O) groups is 2. The molecule has 3 amide bonds. The molecule has 2 aliphatic heterocycles. The number of rotatable bonds is 3. The molecule has 3 heterocycles. The summed E-state index contributed by atoms with van der Waals surface area (Å²) in [6.07, 6.45) is -1.64. The molecule has 1 aromatic carbocycles. The third-order valence-electron chi connectivity index (χ3n) is 6.94. The van der Waals surface area contributed by atoms with Gasteiger partial charge in [-0.3, -0.25) is 4.79 Å². The minimum atomic E-state index is -4.77.